The van der Waals surface area contributed by atoms with Crippen molar-refractivity contribution in [2.45, 2.75) is 36.6 Å². The molecule has 0 radical (unpaired) electrons. The first-order valence-electron chi connectivity index (χ1n) is 7.50. The van der Waals surface area contributed by atoms with E-state index in [1.54, 1.807) is 17.5 Å². The van der Waals surface area contributed by atoms with Gasteiger partial charge in [0.15, 0.2) is 0 Å². The monoisotopic (exact) mass is 310 g/mol. The number of aryl methyl sites for hydroxylation is 1. The molecule has 6 heteroatoms. The number of anilines is 1. The average Bonchev–Trinajstić information content (AvgIpc) is 3.31. The molecule has 1 aliphatic carbocycles. The first-order valence-corrected chi connectivity index (χ1v) is 8.94. The van der Waals surface area contributed by atoms with Crippen LogP contribution in [-0.4, -0.2) is 45.6 Å². The average molecular weight is 310 g/mol. The van der Waals surface area contributed by atoms with Crippen LogP contribution in [0.2, 0.25) is 0 Å². The molecule has 116 valence electrons. The van der Waals surface area contributed by atoms with Gasteiger partial charge >= 0.3 is 0 Å². The Morgan fingerprint density at radius 1 is 1.38 bits per heavy atom. The van der Waals surface area contributed by atoms with E-state index in [-0.39, 0.29) is 6.04 Å². The summed E-state index contributed by atoms with van der Waals surface area (Å²) >= 11 is 0. The maximum absolute atomic E-state index is 12.9. The second kappa shape index (κ2) is 5.94. The molecule has 0 unspecified atom stereocenters. The number of ether oxygens (including phenoxy) is 1. The van der Waals surface area contributed by atoms with E-state index in [1.807, 2.05) is 12.1 Å². The molecule has 1 aromatic rings. The Bertz CT molecular complexity index is 611. The summed E-state index contributed by atoms with van der Waals surface area (Å²) in [5, 5.41) is 3.31. The van der Waals surface area contributed by atoms with Crippen LogP contribution >= 0.6 is 0 Å². The van der Waals surface area contributed by atoms with Crippen molar-refractivity contribution in [3.05, 3.63) is 23.8 Å². The van der Waals surface area contributed by atoms with E-state index in [4.69, 9.17) is 4.74 Å². The largest absolute Gasteiger partial charge is 0.385 e. The van der Waals surface area contributed by atoms with Gasteiger partial charge in [0, 0.05) is 31.9 Å². The van der Waals surface area contributed by atoms with Crippen molar-refractivity contribution in [3.8, 4) is 0 Å². The summed E-state index contributed by atoms with van der Waals surface area (Å²) in [5.41, 5.74) is 2.17. The van der Waals surface area contributed by atoms with Crippen LogP contribution in [0.1, 0.15) is 24.8 Å². The third kappa shape index (κ3) is 3.07. The maximum atomic E-state index is 12.9. The Balaban J connectivity index is 1.89. The van der Waals surface area contributed by atoms with Gasteiger partial charge in [0.1, 0.15) is 0 Å². The van der Waals surface area contributed by atoms with Crippen LogP contribution < -0.4 is 5.32 Å². The summed E-state index contributed by atoms with van der Waals surface area (Å²) < 4.78 is 32.4. The summed E-state index contributed by atoms with van der Waals surface area (Å²) in [5.74, 6) is 0. The Kier molecular flexibility index (Phi) is 4.19. The Morgan fingerprint density at radius 2 is 2.19 bits per heavy atom. The molecule has 5 nitrogen and oxygen atoms in total. The molecular weight excluding hydrogens is 288 g/mol. The van der Waals surface area contributed by atoms with Crippen LogP contribution in [0, 0.1) is 0 Å². The van der Waals surface area contributed by atoms with Crippen molar-refractivity contribution >= 4 is 15.7 Å². The maximum Gasteiger partial charge on any atom is 0.243 e. The molecular formula is C15H22N2O3S. The highest BCUT2D eigenvalue weighted by Crippen LogP contribution is 2.33. The quantitative estimate of drug-likeness (QED) is 0.871. The minimum absolute atomic E-state index is 0.152. The normalized spacial score (nSPS) is 18.4. The van der Waals surface area contributed by atoms with Crippen LogP contribution in [0.4, 0.5) is 5.69 Å². The van der Waals surface area contributed by atoms with Gasteiger partial charge in [0.2, 0.25) is 10.0 Å². The van der Waals surface area contributed by atoms with E-state index in [0.717, 1.165) is 43.5 Å². The van der Waals surface area contributed by atoms with Crippen molar-refractivity contribution in [1.82, 2.24) is 4.31 Å². The standard InChI is InChI=1S/C15H22N2O3S/c1-20-10-9-17(13-4-5-13)21(18,19)14-6-7-15-12(11-14)3-2-8-16-15/h6-7,11,13,16H,2-5,8-10H2,1H3. The second-order valence-corrected chi connectivity index (χ2v) is 7.58. The molecule has 0 bridgehead atoms. The minimum Gasteiger partial charge on any atom is -0.385 e. The molecule has 1 heterocycles. The Morgan fingerprint density at radius 3 is 2.90 bits per heavy atom. The molecule has 1 aromatic carbocycles. The number of rotatable bonds is 6. The third-order valence-corrected chi connectivity index (χ3v) is 6.04. The fourth-order valence-electron chi connectivity index (χ4n) is 2.79. The van der Waals surface area contributed by atoms with Crippen LogP contribution in [0.3, 0.4) is 0 Å². The van der Waals surface area contributed by atoms with Crippen molar-refractivity contribution in [2.24, 2.45) is 0 Å². The van der Waals surface area contributed by atoms with Gasteiger partial charge in [-0.15, -0.1) is 0 Å². The molecule has 0 amide bonds. The van der Waals surface area contributed by atoms with Gasteiger partial charge in [-0.3, -0.25) is 0 Å². The van der Waals surface area contributed by atoms with Crippen LogP contribution in [0.25, 0.3) is 0 Å². The number of fused-ring (bicyclic) bond motifs is 1. The van der Waals surface area contributed by atoms with Gasteiger partial charge in [-0.05, 0) is 49.4 Å². The van der Waals surface area contributed by atoms with Gasteiger partial charge in [-0.1, -0.05) is 0 Å². The molecule has 1 aliphatic heterocycles. The van der Waals surface area contributed by atoms with Crippen LogP contribution in [-0.2, 0) is 21.2 Å². The van der Waals surface area contributed by atoms with Crippen molar-refractivity contribution in [1.29, 1.82) is 0 Å². The fourth-order valence-corrected chi connectivity index (χ4v) is 4.51. The Labute approximate surface area is 126 Å². The number of nitrogens with one attached hydrogen (secondary N) is 1. The predicted molar refractivity (Wildman–Crippen MR) is 82.0 cm³/mol. The van der Waals surface area contributed by atoms with E-state index in [0.29, 0.717) is 18.0 Å². The molecule has 21 heavy (non-hydrogen) atoms. The number of benzene rings is 1. The first-order chi connectivity index (χ1) is 10.1. The molecule has 2 aliphatic rings. The van der Waals surface area contributed by atoms with Crippen molar-refractivity contribution in [3.63, 3.8) is 0 Å². The lowest BCUT2D eigenvalue weighted by Crippen LogP contribution is -2.36. The van der Waals surface area contributed by atoms with Crippen molar-refractivity contribution in [2.75, 3.05) is 32.1 Å². The highest BCUT2D eigenvalue weighted by Gasteiger charge is 2.37. The first kappa shape index (κ1) is 14.8. The van der Waals surface area contributed by atoms with E-state index in [1.165, 1.54) is 0 Å². The van der Waals surface area contributed by atoms with E-state index >= 15 is 0 Å². The van der Waals surface area contributed by atoms with Crippen LogP contribution in [0.5, 0.6) is 0 Å². The predicted octanol–water partition coefficient (Wildman–Crippen LogP) is 1.84. The smallest absolute Gasteiger partial charge is 0.243 e. The van der Waals surface area contributed by atoms with E-state index < -0.39 is 10.0 Å². The highest BCUT2D eigenvalue weighted by molar-refractivity contribution is 7.89. The molecule has 1 fully saturated rings. The summed E-state index contributed by atoms with van der Waals surface area (Å²) in [4.78, 5) is 0.410. The second-order valence-electron chi connectivity index (χ2n) is 5.69. The lowest BCUT2D eigenvalue weighted by molar-refractivity contribution is 0.177. The summed E-state index contributed by atoms with van der Waals surface area (Å²) in [6.07, 6.45) is 3.89. The summed E-state index contributed by atoms with van der Waals surface area (Å²) in [7, 11) is -1.82. The molecule has 0 saturated heterocycles. The number of methoxy groups -OCH3 is 1. The lowest BCUT2D eigenvalue weighted by Gasteiger charge is -2.23. The highest BCUT2D eigenvalue weighted by atomic mass is 32.2. The molecule has 0 atom stereocenters. The van der Waals surface area contributed by atoms with Gasteiger partial charge in [0.05, 0.1) is 11.5 Å². The van der Waals surface area contributed by atoms with Gasteiger partial charge in [0.25, 0.3) is 0 Å². The van der Waals surface area contributed by atoms with Gasteiger partial charge < -0.3 is 10.1 Å². The molecule has 0 spiro atoms. The summed E-state index contributed by atoms with van der Waals surface area (Å²) in [6.45, 7) is 1.82. The van der Waals surface area contributed by atoms with Crippen molar-refractivity contribution < 1.29 is 13.2 Å². The number of nitrogens with zero attached hydrogens (tertiary/aromatic N) is 1. The zero-order valence-corrected chi connectivity index (χ0v) is 13.2. The van der Waals surface area contributed by atoms with Gasteiger partial charge in [-0.25, -0.2) is 8.42 Å². The van der Waals surface area contributed by atoms with E-state index in [9.17, 15) is 8.42 Å². The SMILES string of the molecule is COCCN(C1CC1)S(=O)(=O)c1ccc2c(c1)CCCN2. The number of sulfonamides is 1. The lowest BCUT2D eigenvalue weighted by atomic mass is 10.0. The molecule has 1 N–H and O–H groups in total. The molecule has 0 aromatic heterocycles. The Hall–Kier alpha value is -1.11. The number of hydrogen-bond acceptors (Lipinski definition) is 4. The molecule has 3 rings (SSSR count). The van der Waals surface area contributed by atoms with E-state index in [2.05, 4.69) is 5.32 Å². The third-order valence-electron chi connectivity index (χ3n) is 4.09. The van der Waals surface area contributed by atoms with Crippen LogP contribution in [0.15, 0.2) is 23.1 Å². The molecule has 1 saturated carbocycles. The zero-order valence-electron chi connectivity index (χ0n) is 12.3. The fraction of sp³-hybridized carbons (Fsp3) is 0.600. The zero-order chi connectivity index (χ0) is 14.9. The topological polar surface area (TPSA) is 58.6 Å². The number of hydrogen-bond donors (Lipinski definition) is 1. The van der Waals surface area contributed by atoms with Gasteiger partial charge in [-0.2, -0.15) is 4.31 Å². The summed E-state index contributed by atoms with van der Waals surface area (Å²) in [6, 6.07) is 5.59. The minimum atomic E-state index is -3.42.